The fourth-order valence-electron chi connectivity index (χ4n) is 0.851. The van der Waals surface area contributed by atoms with Crippen LogP contribution in [0.25, 0.3) is 0 Å². The zero-order valence-corrected chi connectivity index (χ0v) is 8.82. The second-order valence-corrected chi connectivity index (χ2v) is 3.38. The topological polar surface area (TPSA) is 43.1 Å². The molecule has 2 nitrogen and oxygen atoms in total. The average Bonchev–Trinajstić information content (AvgIpc) is 2.10. The molecule has 2 N–H and O–H groups in total. The fraction of sp³-hybridized carbons (Fsp3) is 0.125. The van der Waals surface area contributed by atoms with Gasteiger partial charge in [0.1, 0.15) is 5.82 Å². The summed E-state index contributed by atoms with van der Waals surface area (Å²) in [5.41, 5.74) is 5.57. The zero-order valence-electron chi connectivity index (χ0n) is 6.48. The third-order valence-electron chi connectivity index (χ3n) is 1.51. The number of nitrogen functional groups attached to an aromatic ring is 1. The molecule has 0 spiro atoms. The van der Waals surface area contributed by atoms with Gasteiger partial charge in [-0.1, -0.05) is 27.5 Å². The highest BCUT2D eigenvalue weighted by atomic mass is 79.9. The molecule has 0 heterocycles. The van der Waals surface area contributed by atoms with Gasteiger partial charge in [0.15, 0.2) is 5.78 Å². The predicted octanol–water partition coefficient (Wildman–Crippen LogP) is 2.64. The van der Waals surface area contributed by atoms with Gasteiger partial charge in [-0.25, -0.2) is 4.39 Å². The van der Waals surface area contributed by atoms with Gasteiger partial charge in [0.05, 0.1) is 21.6 Å². The number of hydrogen-bond acceptors (Lipinski definition) is 2. The van der Waals surface area contributed by atoms with Crippen LogP contribution in [0.3, 0.4) is 0 Å². The average molecular weight is 266 g/mol. The van der Waals surface area contributed by atoms with Crippen molar-refractivity contribution in [1.29, 1.82) is 0 Å². The van der Waals surface area contributed by atoms with Crippen molar-refractivity contribution in [2.24, 2.45) is 0 Å². The van der Waals surface area contributed by atoms with E-state index in [9.17, 15) is 9.18 Å². The van der Waals surface area contributed by atoms with Gasteiger partial charge < -0.3 is 5.73 Å². The van der Waals surface area contributed by atoms with E-state index in [4.69, 9.17) is 17.3 Å². The highest BCUT2D eigenvalue weighted by Gasteiger charge is 2.12. The van der Waals surface area contributed by atoms with Gasteiger partial charge in [-0.2, -0.15) is 0 Å². The number of hydrogen-bond donors (Lipinski definition) is 1. The summed E-state index contributed by atoms with van der Waals surface area (Å²) >= 11 is 8.48. The van der Waals surface area contributed by atoms with E-state index in [1.807, 2.05) is 0 Å². The number of nitrogens with two attached hydrogens (primary N) is 1. The van der Waals surface area contributed by atoms with Crippen molar-refractivity contribution in [2.75, 3.05) is 11.1 Å². The van der Waals surface area contributed by atoms with E-state index in [-0.39, 0.29) is 27.4 Å². The number of carbonyl (C=O) groups is 1. The summed E-state index contributed by atoms with van der Waals surface area (Å²) in [6.07, 6.45) is 0. The first-order chi connectivity index (χ1) is 6.06. The molecule has 0 bridgehead atoms. The van der Waals surface area contributed by atoms with Crippen molar-refractivity contribution in [1.82, 2.24) is 0 Å². The van der Waals surface area contributed by atoms with Crippen LogP contribution in [-0.4, -0.2) is 11.1 Å². The van der Waals surface area contributed by atoms with Crippen LogP contribution in [0.4, 0.5) is 10.1 Å². The Morgan fingerprint density at radius 2 is 2.23 bits per heavy atom. The van der Waals surface area contributed by atoms with Crippen molar-refractivity contribution in [3.8, 4) is 0 Å². The smallest absolute Gasteiger partial charge is 0.176 e. The van der Waals surface area contributed by atoms with Crippen LogP contribution in [0.1, 0.15) is 10.4 Å². The number of ketones is 1. The molecular weight excluding hydrogens is 260 g/mol. The van der Waals surface area contributed by atoms with Crippen LogP contribution in [-0.2, 0) is 0 Å². The Balaban J connectivity index is 3.23. The summed E-state index contributed by atoms with van der Waals surface area (Å²) < 4.78 is 13.1. The molecule has 0 aliphatic carbocycles. The summed E-state index contributed by atoms with van der Waals surface area (Å²) in [5.74, 6) is -1.01. The van der Waals surface area contributed by atoms with Crippen molar-refractivity contribution in [3.05, 3.63) is 28.5 Å². The Morgan fingerprint density at radius 3 is 2.77 bits per heavy atom. The predicted molar refractivity (Wildman–Crippen MR) is 53.9 cm³/mol. The van der Waals surface area contributed by atoms with Gasteiger partial charge in [0.2, 0.25) is 0 Å². The molecule has 0 saturated carbocycles. The number of anilines is 1. The number of benzene rings is 1. The molecule has 0 atom stereocenters. The molecule has 0 aliphatic heterocycles. The van der Waals surface area contributed by atoms with E-state index < -0.39 is 5.82 Å². The zero-order chi connectivity index (χ0) is 10.0. The molecule has 0 radical (unpaired) electrons. The Morgan fingerprint density at radius 1 is 1.62 bits per heavy atom. The van der Waals surface area contributed by atoms with Crippen molar-refractivity contribution >= 4 is 39.0 Å². The molecule has 70 valence electrons. The molecule has 0 amide bonds. The molecule has 0 unspecified atom stereocenters. The first-order valence-corrected chi connectivity index (χ1v) is 4.90. The molecule has 0 fully saturated rings. The van der Waals surface area contributed by atoms with Gasteiger partial charge in [0, 0.05) is 0 Å². The third kappa shape index (κ3) is 2.19. The maximum absolute atomic E-state index is 13.1. The maximum atomic E-state index is 13.1. The summed E-state index contributed by atoms with van der Waals surface area (Å²) in [5, 5.41) is 0.175. The van der Waals surface area contributed by atoms with Gasteiger partial charge in [0.25, 0.3) is 0 Å². The molecular formula is C8H6BrClFNO. The van der Waals surface area contributed by atoms with E-state index in [2.05, 4.69) is 15.9 Å². The van der Waals surface area contributed by atoms with E-state index in [0.29, 0.717) is 0 Å². The Labute approximate surface area is 88.0 Å². The molecule has 0 saturated heterocycles. The summed E-state index contributed by atoms with van der Waals surface area (Å²) in [6, 6.07) is 2.27. The number of rotatable bonds is 2. The molecule has 0 aliphatic rings. The second-order valence-electron chi connectivity index (χ2n) is 2.41. The standard InChI is InChI=1S/C8H6BrClFNO/c9-3-8(13)4-1-7(12)5(10)2-6(4)11/h1-2H,3,12H2. The van der Waals surface area contributed by atoms with Crippen LogP contribution in [0, 0.1) is 5.82 Å². The highest BCUT2D eigenvalue weighted by Crippen LogP contribution is 2.23. The lowest BCUT2D eigenvalue weighted by atomic mass is 10.1. The van der Waals surface area contributed by atoms with E-state index in [1.54, 1.807) is 0 Å². The lowest BCUT2D eigenvalue weighted by Crippen LogP contribution is -2.04. The Bertz CT molecular complexity index is 356. The Hall–Kier alpha value is -0.610. The van der Waals surface area contributed by atoms with Crippen LogP contribution >= 0.6 is 27.5 Å². The van der Waals surface area contributed by atoms with Crippen molar-refractivity contribution in [2.45, 2.75) is 0 Å². The van der Waals surface area contributed by atoms with Gasteiger partial charge >= 0.3 is 0 Å². The summed E-state index contributed by atoms with van der Waals surface area (Å²) in [6.45, 7) is 0. The number of carbonyl (C=O) groups excluding carboxylic acids is 1. The molecule has 5 heteroatoms. The molecule has 1 aromatic rings. The first-order valence-electron chi connectivity index (χ1n) is 3.40. The highest BCUT2D eigenvalue weighted by molar-refractivity contribution is 9.09. The number of alkyl halides is 1. The minimum Gasteiger partial charge on any atom is -0.398 e. The molecule has 13 heavy (non-hydrogen) atoms. The lowest BCUT2D eigenvalue weighted by molar-refractivity contribution is 0.102. The quantitative estimate of drug-likeness (QED) is 0.508. The van der Waals surface area contributed by atoms with Gasteiger partial charge in [-0.05, 0) is 12.1 Å². The largest absolute Gasteiger partial charge is 0.398 e. The van der Waals surface area contributed by atoms with Crippen LogP contribution in [0.5, 0.6) is 0 Å². The first kappa shape index (κ1) is 10.5. The minimum absolute atomic E-state index is 0.0428. The SMILES string of the molecule is Nc1cc(C(=O)CBr)c(F)cc1Cl. The third-order valence-corrected chi connectivity index (χ3v) is 2.34. The van der Waals surface area contributed by atoms with Crippen molar-refractivity contribution in [3.63, 3.8) is 0 Å². The van der Waals surface area contributed by atoms with Crippen LogP contribution in [0.15, 0.2) is 12.1 Å². The molecule has 1 aromatic carbocycles. The van der Waals surface area contributed by atoms with Gasteiger partial charge in [-0.3, -0.25) is 4.79 Å². The van der Waals surface area contributed by atoms with E-state index in [1.165, 1.54) is 6.07 Å². The summed E-state index contributed by atoms with van der Waals surface area (Å²) in [7, 11) is 0. The minimum atomic E-state index is -0.649. The second kappa shape index (κ2) is 4.07. The van der Waals surface area contributed by atoms with Gasteiger partial charge in [-0.15, -0.1) is 0 Å². The van der Waals surface area contributed by atoms with Crippen LogP contribution < -0.4 is 5.73 Å². The van der Waals surface area contributed by atoms with E-state index in [0.717, 1.165) is 6.07 Å². The summed E-state index contributed by atoms with van der Waals surface area (Å²) in [4.78, 5) is 11.1. The lowest BCUT2D eigenvalue weighted by Gasteiger charge is -2.03. The number of Topliss-reactive ketones (excluding diaryl/α,β-unsaturated/α-hetero) is 1. The number of halogens is 3. The monoisotopic (exact) mass is 265 g/mol. The fourth-order valence-corrected chi connectivity index (χ4v) is 1.30. The van der Waals surface area contributed by atoms with E-state index >= 15 is 0 Å². The molecule has 0 aromatic heterocycles. The normalized spacial score (nSPS) is 10.1. The van der Waals surface area contributed by atoms with Crippen molar-refractivity contribution < 1.29 is 9.18 Å². The molecule has 1 rings (SSSR count). The van der Waals surface area contributed by atoms with Crippen LogP contribution in [0.2, 0.25) is 5.02 Å². The maximum Gasteiger partial charge on any atom is 0.176 e. The Kier molecular flexibility index (Phi) is 3.27.